The smallest absolute Gasteiger partial charge is 0.299 e. The number of aromatic amines is 3. The molecular formula is C17H17N6+. The van der Waals surface area contributed by atoms with Crippen molar-refractivity contribution in [2.75, 3.05) is 19.0 Å². The summed E-state index contributed by atoms with van der Waals surface area (Å²) < 4.78 is 0. The molecule has 3 heterocycles. The summed E-state index contributed by atoms with van der Waals surface area (Å²) in [6.45, 7) is 0. The van der Waals surface area contributed by atoms with Crippen molar-refractivity contribution < 1.29 is 4.98 Å². The summed E-state index contributed by atoms with van der Waals surface area (Å²) in [6, 6.07) is 12.5. The minimum atomic E-state index is 0.837. The van der Waals surface area contributed by atoms with Crippen LogP contribution in [0.4, 0.5) is 5.69 Å². The molecule has 0 atom stereocenters. The molecule has 6 heteroatoms. The molecule has 0 fully saturated rings. The van der Waals surface area contributed by atoms with Crippen molar-refractivity contribution in [3.8, 4) is 22.5 Å². The maximum atomic E-state index is 4.41. The van der Waals surface area contributed by atoms with Gasteiger partial charge < -0.3 is 4.90 Å². The van der Waals surface area contributed by atoms with Gasteiger partial charge in [-0.25, -0.2) is 4.98 Å². The summed E-state index contributed by atoms with van der Waals surface area (Å²) in [5, 5.41) is 7.51. The van der Waals surface area contributed by atoms with Gasteiger partial charge in [0.1, 0.15) is 6.20 Å². The normalized spacial score (nSPS) is 11.0. The summed E-state index contributed by atoms with van der Waals surface area (Å²) in [5.41, 5.74) is 6.92. The fourth-order valence-electron chi connectivity index (χ4n) is 2.57. The number of nitrogens with zero attached hydrogens (tertiary/aromatic N) is 3. The van der Waals surface area contributed by atoms with Crippen LogP contribution < -0.4 is 9.88 Å². The molecule has 1 aromatic carbocycles. The third-order valence-electron chi connectivity index (χ3n) is 3.89. The highest BCUT2D eigenvalue weighted by Crippen LogP contribution is 2.25. The number of benzene rings is 1. The Morgan fingerprint density at radius 2 is 1.87 bits per heavy atom. The molecular weight excluding hydrogens is 288 g/mol. The first-order chi connectivity index (χ1) is 11.2. The van der Waals surface area contributed by atoms with Crippen LogP contribution in [0.15, 0.2) is 48.9 Å². The van der Waals surface area contributed by atoms with Gasteiger partial charge in [-0.15, -0.1) is 4.98 Å². The average molecular weight is 305 g/mol. The van der Waals surface area contributed by atoms with Gasteiger partial charge in [-0.1, -0.05) is 12.1 Å². The van der Waals surface area contributed by atoms with Crippen molar-refractivity contribution in [3.05, 3.63) is 48.9 Å². The molecule has 0 bridgehead atoms. The zero-order valence-corrected chi connectivity index (χ0v) is 13.0. The molecule has 23 heavy (non-hydrogen) atoms. The largest absolute Gasteiger partial charge is 0.378 e. The van der Waals surface area contributed by atoms with Crippen LogP contribution in [0, 0.1) is 0 Å². The number of fused-ring (bicyclic) bond motifs is 1. The summed E-state index contributed by atoms with van der Waals surface area (Å²) in [7, 11) is 4.06. The molecule has 0 unspecified atom stereocenters. The summed E-state index contributed by atoms with van der Waals surface area (Å²) in [6.07, 6.45) is 3.59. The predicted octanol–water partition coefficient (Wildman–Crippen LogP) is 2.50. The molecule has 0 aliphatic rings. The molecule has 3 aromatic heterocycles. The van der Waals surface area contributed by atoms with Crippen LogP contribution in [-0.4, -0.2) is 34.3 Å². The van der Waals surface area contributed by atoms with E-state index in [1.54, 1.807) is 6.33 Å². The molecule has 0 radical (unpaired) electrons. The highest BCUT2D eigenvalue weighted by molar-refractivity contribution is 5.76. The first-order valence-corrected chi connectivity index (χ1v) is 7.39. The van der Waals surface area contributed by atoms with Gasteiger partial charge in [-0.05, 0) is 29.8 Å². The van der Waals surface area contributed by atoms with E-state index in [1.807, 2.05) is 32.4 Å². The van der Waals surface area contributed by atoms with Crippen molar-refractivity contribution in [2.45, 2.75) is 0 Å². The van der Waals surface area contributed by atoms with Crippen LogP contribution in [0.3, 0.4) is 0 Å². The van der Waals surface area contributed by atoms with E-state index in [0.29, 0.717) is 0 Å². The lowest BCUT2D eigenvalue weighted by molar-refractivity contribution is -0.347. The number of H-pyrrole nitrogens is 3. The molecule has 0 aliphatic carbocycles. The first kappa shape index (κ1) is 13.5. The molecule has 0 saturated carbocycles. The second-order valence-corrected chi connectivity index (χ2v) is 5.66. The van der Waals surface area contributed by atoms with Gasteiger partial charge in [-0.2, -0.15) is 5.10 Å². The van der Waals surface area contributed by atoms with Crippen molar-refractivity contribution in [1.29, 1.82) is 0 Å². The predicted molar refractivity (Wildman–Crippen MR) is 90.0 cm³/mol. The lowest BCUT2D eigenvalue weighted by Gasteiger charge is -2.12. The van der Waals surface area contributed by atoms with Crippen LogP contribution >= 0.6 is 0 Å². The number of anilines is 1. The van der Waals surface area contributed by atoms with Gasteiger partial charge in [0.25, 0.3) is 5.65 Å². The third kappa shape index (κ3) is 2.44. The molecule has 114 valence electrons. The van der Waals surface area contributed by atoms with Crippen LogP contribution in [0.2, 0.25) is 0 Å². The highest BCUT2D eigenvalue weighted by atomic mass is 15.1. The average Bonchev–Trinajstić information content (AvgIpc) is 3.23. The minimum absolute atomic E-state index is 0.837. The van der Waals surface area contributed by atoms with E-state index < -0.39 is 0 Å². The van der Waals surface area contributed by atoms with E-state index in [1.165, 1.54) is 5.69 Å². The zero-order chi connectivity index (χ0) is 15.8. The Morgan fingerprint density at radius 1 is 1.04 bits per heavy atom. The van der Waals surface area contributed by atoms with Gasteiger partial charge in [0.2, 0.25) is 0 Å². The Bertz CT molecular complexity index is 949. The summed E-state index contributed by atoms with van der Waals surface area (Å²) in [4.78, 5) is 12.6. The zero-order valence-electron chi connectivity index (χ0n) is 13.0. The lowest BCUT2D eigenvalue weighted by Crippen LogP contribution is -2.07. The minimum Gasteiger partial charge on any atom is -0.378 e. The molecule has 6 nitrogen and oxygen atoms in total. The Morgan fingerprint density at radius 3 is 2.65 bits per heavy atom. The van der Waals surface area contributed by atoms with E-state index in [4.69, 9.17) is 0 Å². The van der Waals surface area contributed by atoms with Gasteiger partial charge in [0.05, 0.1) is 11.4 Å². The Kier molecular flexibility index (Phi) is 3.08. The van der Waals surface area contributed by atoms with Crippen molar-refractivity contribution in [2.24, 2.45) is 0 Å². The van der Waals surface area contributed by atoms with Gasteiger partial charge in [0, 0.05) is 25.3 Å². The number of nitrogens with one attached hydrogen (secondary N) is 3. The van der Waals surface area contributed by atoms with Crippen molar-refractivity contribution in [3.63, 3.8) is 0 Å². The molecule has 4 rings (SSSR count). The van der Waals surface area contributed by atoms with E-state index >= 15 is 0 Å². The van der Waals surface area contributed by atoms with E-state index in [-0.39, 0.29) is 0 Å². The number of aromatic nitrogens is 5. The fraction of sp³-hybridized carbons (Fsp3) is 0.118. The SMILES string of the molecule is CN(C)c1ccc(-c2cc(-c3cnc4[nH+]c[nH]c4c3)n[nH]2)cc1. The molecule has 3 N–H and O–H groups in total. The molecule has 0 amide bonds. The quantitative estimate of drug-likeness (QED) is 0.610. The van der Waals surface area contributed by atoms with Crippen LogP contribution in [-0.2, 0) is 0 Å². The maximum Gasteiger partial charge on any atom is 0.299 e. The Balaban J connectivity index is 1.67. The number of hydrogen-bond donors (Lipinski definition) is 2. The topological polar surface area (TPSA) is 74.7 Å². The van der Waals surface area contributed by atoms with Crippen LogP contribution in [0.1, 0.15) is 0 Å². The molecule has 0 spiro atoms. The standard InChI is InChI=1S/C17H16N6/c1-23(2)13-5-3-11(4-6-13)14-8-15(22-21-14)12-7-16-17(18-9-12)20-10-19-16/h3-10H,1-2H3,(H,21,22)(H,18,19,20)/p+1. The first-order valence-electron chi connectivity index (χ1n) is 7.39. The maximum absolute atomic E-state index is 4.41. The number of pyridine rings is 1. The molecule has 0 saturated heterocycles. The highest BCUT2D eigenvalue weighted by Gasteiger charge is 2.11. The number of imidazole rings is 1. The summed E-state index contributed by atoms with van der Waals surface area (Å²) >= 11 is 0. The van der Waals surface area contributed by atoms with Gasteiger partial charge in [-0.3, -0.25) is 10.1 Å². The van der Waals surface area contributed by atoms with E-state index in [0.717, 1.165) is 33.7 Å². The van der Waals surface area contributed by atoms with E-state index in [9.17, 15) is 0 Å². The molecule has 4 aromatic rings. The Labute approximate surface area is 133 Å². The second-order valence-electron chi connectivity index (χ2n) is 5.66. The van der Waals surface area contributed by atoms with Crippen molar-refractivity contribution in [1.82, 2.24) is 20.2 Å². The number of hydrogen-bond acceptors (Lipinski definition) is 3. The molecule has 0 aliphatic heterocycles. The van der Waals surface area contributed by atoms with Crippen LogP contribution in [0.25, 0.3) is 33.7 Å². The second kappa shape index (κ2) is 5.24. The summed E-state index contributed by atoms with van der Waals surface area (Å²) in [5.74, 6) is 0. The van der Waals surface area contributed by atoms with Crippen molar-refractivity contribution >= 4 is 16.9 Å². The van der Waals surface area contributed by atoms with Gasteiger partial charge in [0.15, 0.2) is 11.8 Å². The Hall–Kier alpha value is -3.15. The number of rotatable bonds is 3. The van der Waals surface area contributed by atoms with Gasteiger partial charge >= 0.3 is 0 Å². The monoisotopic (exact) mass is 305 g/mol. The van der Waals surface area contributed by atoms with Crippen LogP contribution in [0.5, 0.6) is 0 Å². The third-order valence-corrected chi connectivity index (χ3v) is 3.89. The lowest BCUT2D eigenvalue weighted by atomic mass is 10.1. The fourth-order valence-corrected chi connectivity index (χ4v) is 2.57. The van der Waals surface area contributed by atoms with E-state index in [2.05, 4.69) is 54.3 Å².